The van der Waals surface area contributed by atoms with Gasteiger partial charge in [0.15, 0.2) is 5.96 Å². The minimum atomic E-state index is 0. The molecule has 0 saturated heterocycles. The molecule has 1 aromatic heterocycles. The van der Waals surface area contributed by atoms with Crippen LogP contribution in [-0.2, 0) is 13.0 Å². The van der Waals surface area contributed by atoms with Crippen LogP contribution in [0, 0.1) is 0 Å². The Kier molecular flexibility index (Phi) is 10.7. The second kappa shape index (κ2) is 12.2. The first kappa shape index (κ1) is 23.7. The summed E-state index contributed by atoms with van der Waals surface area (Å²) in [5, 5.41) is 6.84. The van der Waals surface area contributed by atoms with Gasteiger partial charge in [0.1, 0.15) is 5.75 Å². The third-order valence-electron chi connectivity index (χ3n) is 4.28. The summed E-state index contributed by atoms with van der Waals surface area (Å²) in [7, 11) is 7.67. The highest BCUT2D eigenvalue weighted by Gasteiger charge is 2.15. The molecule has 2 rings (SSSR count). The van der Waals surface area contributed by atoms with E-state index in [1.165, 1.54) is 15.3 Å². The van der Waals surface area contributed by atoms with Crippen LogP contribution in [0.15, 0.2) is 41.4 Å². The lowest BCUT2D eigenvalue weighted by atomic mass is 10.1. The van der Waals surface area contributed by atoms with Crippen molar-refractivity contribution in [3.8, 4) is 5.75 Å². The van der Waals surface area contributed by atoms with E-state index in [-0.39, 0.29) is 30.0 Å². The Morgan fingerprint density at radius 2 is 1.93 bits per heavy atom. The third-order valence-corrected chi connectivity index (χ3v) is 5.51. The van der Waals surface area contributed by atoms with Crippen molar-refractivity contribution in [2.45, 2.75) is 25.9 Å². The van der Waals surface area contributed by atoms with E-state index in [1.54, 1.807) is 14.2 Å². The summed E-state index contributed by atoms with van der Waals surface area (Å²) in [4.78, 5) is 9.27. The smallest absolute Gasteiger partial charge is 0.191 e. The van der Waals surface area contributed by atoms with Crippen molar-refractivity contribution in [2.75, 3.05) is 34.8 Å². The van der Waals surface area contributed by atoms with Gasteiger partial charge < -0.3 is 20.3 Å². The summed E-state index contributed by atoms with van der Waals surface area (Å²) < 4.78 is 5.36. The highest BCUT2D eigenvalue weighted by Crippen LogP contribution is 2.22. The molecule has 0 bridgehead atoms. The summed E-state index contributed by atoms with van der Waals surface area (Å²) in [6.07, 6.45) is 1.09. The van der Waals surface area contributed by atoms with E-state index in [0.717, 1.165) is 31.2 Å². The molecule has 0 amide bonds. The van der Waals surface area contributed by atoms with Gasteiger partial charge in [-0.05, 0) is 50.3 Å². The van der Waals surface area contributed by atoms with Crippen LogP contribution >= 0.6 is 35.3 Å². The number of likely N-dealkylation sites (N-methyl/N-ethyl adjacent to an activating group) is 1. The molecule has 2 aromatic rings. The van der Waals surface area contributed by atoms with E-state index in [4.69, 9.17) is 4.74 Å². The number of aryl methyl sites for hydroxylation is 1. The van der Waals surface area contributed by atoms with Crippen molar-refractivity contribution >= 4 is 41.3 Å². The molecule has 0 aliphatic carbocycles. The maximum atomic E-state index is 5.36. The maximum absolute atomic E-state index is 5.36. The van der Waals surface area contributed by atoms with E-state index in [9.17, 15) is 0 Å². The summed E-state index contributed by atoms with van der Waals surface area (Å²) in [6.45, 7) is 3.73. The minimum Gasteiger partial charge on any atom is -0.497 e. The van der Waals surface area contributed by atoms with Crippen LogP contribution in [0.4, 0.5) is 0 Å². The highest BCUT2D eigenvalue weighted by atomic mass is 127. The predicted octanol–water partition coefficient (Wildman–Crippen LogP) is 3.91. The van der Waals surface area contributed by atoms with E-state index >= 15 is 0 Å². The van der Waals surface area contributed by atoms with Crippen molar-refractivity contribution in [1.82, 2.24) is 15.5 Å². The van der Waals surface area contributed by atoms with E-state index in [0.29, 0.717) is 0 Å². The summed E-state index contributed by atoms with van der Waals surface area (Å²) >= 11 is 1.85. The van der Waals surface area contributed by atoms with Gasteiger partial charge in [-0.2, -0.15) is 0 Å². The van der Waals surface area contributed by atoms with Crippen LogP contribution in [0.2, 0.25) is 0 Å². The highest BCUT2D eigenvalue weighted by molar-refractivity contribution is 14.0. The van der Waals surface area contributed by atoms with Crippen LogP contribution < -0.4 is 15.4 Å². The standard InChI is InChI=1S/C20H30N4OS.HI/c1-6-17-10-11-18(26-17)13-22-20(21-2)23-14-19(24(3)4)15-8-7-9-16(12-15)25-5;/h7-12,19H,6,13-14H2,1-5H3,(H2,21,22,23);1H. The van der Waals surface area contributed by atoms with Crippen LogP contribution in [-0.4, -0.2) is 45.7 Å². The number of benzene rings is 1. The lowest BCUT2D eigenvalue weighted by molar-refractivity contribution is 0.297. The zero-order valence-electron chi connectivity index (χ0n) is 16.8. The molecular formula is C20H31IN4OS. The SMILES string of the molecule is CCc1ccc(CNC(=NC)NCC(c2cccc(OC)c2)N(C)C)s1.I. The van der Waals surface area contributed by atoms with Gasteiger partial charge in [0.2, 0.25) is 0 Å². The van der Waals surface area contributed by atoms with Crippen LogP contribution in [0.3, 0.4) is 0 Å². The number of nitrogens with one attached hydrogen (secondary N) is 2. The minimum absolute atomic E-state index is 0. The molecule has 1 heterocycles. The van der Waals surface area contributed by atoms with Crippen molar-refractivity contribution < 1.29 is 4.74 Å². The molecule has 1 aromatic carbocycles. The molecule has 27 heavy (non-hydrogen) atoms. The Balaban J connectivity index is 0.00000364. The second-order valence-electron chi connectivity index (χ2n) is 6.28. The molecule has 7 heteroatoms. The lowest BCUT2D eigenvalue weighted by Gasteiger charge is -2.26. The van der Waals surface area contributed by atoms with E-state index in [2.05, 4.69) is 65.8 Å². The zero-order valence-corrected chi connectivity index (χ0v) is 19.9. The molecule has 0 aliphatic heterocycles. The summed E-state index contributed by atoms with van der Waals surface area (Å²) in [6, 6.07) is 12.8. The Bertz CT molecular complexity index is 718. The third kappa shape index (κ3) is 7.31. The first-order valence-corrected chi connectivity index (χ1v) is 9.71. The summed E-state index contributed by atoms with van der Waals surface area (Å²) in [5.74, 6) is 1.69. The molecule has 1 unspecified atom stereocenters. The normalized spacial score (nSPS) is 12.4. The van der Waals surface area contributed by atoms with Gasteiger partial charge in [-0.25, -0.2) is 0 Å². The number of halogens is 1. The quantitative estimate of drug-likeness (QED) is 0.327. The number of ether oxygens (including phenoxy) is 1. The molecule has 2 N–H and O–H groups in total. The van der Waals surface area contributed by atoms with Crippen molar-refractivity contribution in [3.63, 3.8) is 0 Å². The van der Waals surface area contributed by atoms with Gasteiger partial charge in [0, 0.05) is 23.3 Å². The number of rotatable bonds is 8. The van der Waals surface area contributed by atoms with Gasteiger partial charge in [0.05, 0.1) is 19.7 Å². The summed E-state index contributed by atoms with van der Waals surface area (Å²) in [5.41, 5.74) is 1.21. The predicted molar refractivity (Wildman–Crippen MR) is 127 cm³/mol. The van der Waals surface area contributed by atoms with Crippen LogP contribution in [0.25, 0.3) is 0 Å². The molecule has 150 valence electrons. The Hall–Kier alpha value is -1.32. The molecule has 0 fully saturated rings. The maximum Gasteiger partial charge on any atom is 0.191 e. The molecule has 5 nitrogen and oxygen atoms in total. The second-order valence-corrected chi connectivity index (χ2v) is 7.54. The van der Waals surface area contributed by atoms with E-state index in [1.807, 2.05) is 23.5 Å². The molecular weight excluding hydrogens is 471 g/mol. The topological polar surface area (TPSA) is 48.9 Å². The van der Waals surface area contributed by atoms with Gasteiger partial charge in [-0.3, -0.25) is 4.99 Å². The molecule has 0 aliphatic rings. The number of hydrogen-bond acceptors (Lipinski definition) is 4. The Morgan fingerprint density at radius 1 is 1.19 bits per heavy atom. The number of hydrogen-bond donors (Lipinski definition) is 2. The molecule has 0 saturated carbocycles. The van der Waals surface area contributed by atoms with Gasteiger partial charge in [0.25, 0.3) is 0 Å². The number of guanidine groups is 1. The fourth-order valence-corrected chi connectivity index (χ4v) is 3.64. The van der Waals surface area contributed by atoms with Crippen molar-refractivity contribution in [2.24, 2.45) is 4.99 Å². The first-order valence-electron chi connectivity index (χ1n) is 8.89. The van der Waals surface area contributed by atoms with Gasteiger partial charge >= 0.3 is 0 Å². The van der Waals surface area contributed by atoms with E-state index < -0.39 is 0 Å². The fraction of sp³-hybridized carbons (Fsp3) is 0.450. The number of aliphatic imine (C=N–C) groups is 1. The van der Waals surface area contributed by atoms with Crippen molar-refractivity contribution in [3.05, 3.63) is 51.7 Å². The average Bonchev–Trinajstić information content (AvgIpc) is 3.12. The van der Waals surface area contributed by atoms with Crippen LogP contribution in [0.5, 0.6) is 5.75 Å². The Morgan fingerprint density at radius 3 is 2.52 bits per heavy atom. The first-order chi connectivity index (χ1) is 12.6. The monoisotopic (exact) mass is 502 g/mol. The molecule has 1 atom stereocenters. The zero-order chi connectivity index (χ0) is 18.9. The largest absolute Gasteiger partial charge is 0.497 e. The fourth-order valence-electron chi connectivity index (χ4n) is 2.74. The van der Waals surface area contributed by atoms with Crippen LogP contribution in [0.1, 0.15) is 28.3 Å². The molecule has 0 spiro atoms. The Labute approximate surface area is 184 Å². The van der Waals surface area contributed by atoms with Gasteiger partial charge in [-0.1, -0.05) is 19.1 Å². The number of nitrogens with zero attached hydrogens (tertiary/aromatic N) is 2. The van der Waals surface area contributed by atoms with Crippen molar-refractivity contribution in [1.29, 1.82) is 0 Å². The number of methoxy groups -OCH3 is 1. The molecule has 0 radical (unpaired) electrons. The average molecular weight is 502 g/mol. The lowest BCUT2D eigenvalue weighted by Crippen LogP contribution is -2.41. The number of thiophene rings is 1. The van der Waals surface area contributed by atoms with Gasteiger partial charge in [-0.15, -0.1) is 35.3 Å².